The molecule has 2 fully saturated rings. The standard InChI is InChI=1S/C20H25N5O3/c26-20(16-28-17-4-2-1-3-5-17)25-10-8-23(9-11-25)18-6-7-19(22-21-18)24-12-14-27-15-13-24/h1-7H,8-16H2. The van der Waals surface area contributed by atoms with Gasteiger partial charge in [0.2, 0.25) is 0 Å². The van der Waals surface area contributed by atoms with Gasteiger partial charge in [-0.3, -0.25) is 4.79 Å². The molecule has 0 saturated carbocycles. The van der Waals surface area contributed by atoms with Gasteiger partial charge in [-0.15, -0.1) is 10.2 Å². The first kappa shape index (κ1) is 18.5. The molecule has 1 aromatic heterocycles. The van der Waals surface area contributed by atoms with Gasteiger partial charge in [-0.1, -0.05) is 18.2 Å². The van der Waals surface area contributed by atoms with E-state index in [1.807, 2.05) is 47.4 Å². The van der Waals surface area contributed by atoms with E-state index >= 15 is 0 Å². The Morgan fingerprint density at radius 3 is 2.07 bits per heavy atom. The number of aromatic nitrogens is 2. The lowest BCUT2D eigenvalue weighted by molar-refractivity contribution is -0.133. The Labute approximate surface area is 164 Å². The summed E-state index contributed by atoms with van der Waals surface area (Å²) in [5.74, 6) is 2.46. The predicted octanol–water partition coefficient (Wildman–Crippen LogP) is 1.04. The van der Waals surface area contributed by atoms with Gasteiger partial charge in [-0.05, 0) is 24.3 Å². The van der Waals surface area contributed by atoms with Crippen molar-refractivity contribution >= 4 is 17.5 Å². The van der Waals surface area contributed by atoms with Crippen molar-refractivity contribution in [1.29, 1.82) is 0 Å². The molecule has 2 aliphatic rings. The van der Waals surface area contributed by atoms with Crippen LogP contribution in [0.25, 0.3) is 0 Å². The molecule has 1 aromatic carbocycles. The second kappa shape index (κ2) is 8.88. The normalized spacial score (nSPS) is 17.5. The Hall–Kier alpha value is -2.87. The third-order valence-corrected chi connectivity index (χ3v) is 5.03. The largest absolute Gasteiger partial charge is 0.484 e. The van der Waals surface area contributed by atoms with Gasteiger partial charge >= 0.3 is 0 Å². The summed E-state index contributed by atoms with van der Waals surface area (Å²) in [5.41, 5.74) is 0. The van der Waals surface area contributed by atoms with Crippen LogP contribution in [0, 0.1) is 0 Å². The lowest BCUT2D eigenvalue weighted by atomic mass is 10.3. The van der Waals surface area contributed by atoms with Crippen LogP contribution in [-0.2, 0) is 9.53 Å². The third kappa shape index (κ3) is 4.51. The lowest BCUT2D eigenvalue weighted by Crippen LogP contribution is -2.50. The molecule has 28 heavy (non-hydrogen) atoms. The van der Waals surface area contributed by atoms with Gasteiger partial charge in [-0.2, -0.15) is 0 Å². The van der Waals surface area contributed by atoms with Crippen LogP contribution in [0.2, 0.25) is 0 Å². The second-order valence-corrected chi connectivity index (χ2v) is 6.82. The van der Waals surface area contributed by atoms with Gasteiger partial charge in [0.05, 0.1) is 13.2 Å². The minimum atomic E-state index is 0.0113. The average Bonchev–Trinajstić information content (AvgIpc) is 2.79. The van der Waals surface area contributed by atoms with E-state index in [9.17, 15) is 4.79 Å². The van der Waals surface area contributed by atoms with E-state index in [-0.39, 0.29) is 12.5 Å². The number of hydrogen-bond acceptors (Lipinski definition) is 7. The van der Waals surface area contributed by atoms with Crippen LogP contribution >= 0.6 is 0 Å². The van der Waals surface area contributed by atoms with Crippen molar-refractivity contribution in [1.82, 2.24) is 15.1 Å². The maximum absolute atomic E-state index is 12.4. The van der Waals surface area contributed by atoms with Crippen LogP contribution in [-0.4, -0.2) is 80.1 Å². The first-order valence-electron chi connectivity index (χ1n) is 9.66. The number of ether oxygens (including phenoxy) is 2. The van der Waals surface area contributed by atoms with E-state index in [1.165, 1.54) is 0 Å². The summed E-state index contributed by atoms with van der Waals surface area (Å²) < 4.78 is 10.9. The molecule has 0 unspecified atom stereocenters. The number of benzene rings is 1. The molecule has 8 nitrogen and oxygen atoms in total. The fourth-order valence-electron chi connectivity index (χ4n) is 3.39. The van der Waals surface area contributed by atoms with Gasteiger partial charge in [0.25, 0.3) is 5.91 Å². The van der Waals surface area contributed by atoms with E-state index in [0.29, 0.717) is 18.8 Å². The third-order valence-electron chi connectivity index (χ3n) is 5.03. The SMILES string of the molecule is O=C(COc1ccccc1)N1CCN(c2ccc(N3CCOCC3)nn2)CC1. The number of carbonyl (C=O) groups is 1. The minimum Gasteiger partial charge on any atom is -0.484 e. The van der Waals surface area contributed by atoms with Gasteiger partial charge in [0, 0.05) is 39.3 Å². The summed E-state index contributed by atoms with van der Waals surface area (Å²) in [6, 6.07) is 13.4. The minimum absolute atomic E-state index is 0.0113. The quantitative estimate of drug-likeness (QED) is 0.764. The smallest absolute Gasteiger partial charge is 0.260 e. The molecule has 1 amide bonds. The Balaban J connectivity index is 1.26. The predicted molar refractivity (Wildman–Crippen MR) is 106 cm³/mol. The molecule has 0 aliphatic carbocycles. The van der Waals surface area contributed by atoms with Crippen molar-refractivity contribution in [3.63, 3.8) is 0 Å². The number of piperazine rings is 1. The van der Waals surface area contributed by atoms with Crippen molar-refractivity contribution in [2.45, 2.75) is 0 Å². The Morgan fingerprint density at radius 2 is 1.46 bits per heavy atom. The number of para-hydroxylation sites is 1. The average molecular weight is 383 g/mol. The van der Waals surface area contributed by atoms with Crippen LogP contribution in [0.4, 0.5) is 11.6 Å². The zero-order valence-electron chi connectivity index (χ0n) is 15.9. The van der Waals surface area contributed by atoms with Crippen LogP contribution < -0.4 is 14.5 Å². The van der Waals surface area contributed by atoms with Gasteiger partial charge in [0.15, 0.2) is 18.2 Å². The molecule has 2 aromatic rings. The summed E-state index contributed by atoms with van der Waals surface area (Å²) in [4.78, 5) is 18.6. The van der Waals surface area contributed by atoms with Crippen molar-refractivity contribution in [3.05, 3.63) is 42.5 Å². The molecule has 148 valence electrons. The van der Waals surface area contributed by atoms with E-state index < -0.39 is 0 Å². The van der Waals surface area contributed by atoms with Crippen LogP contribution in [0.5, 0.6) is 5.75 Å². The summed E-state index contributed by atoms with van der Waals surface area (Å²) in [7, 11) is 0. The fraction of sp³-hybridized carbons (Fsp3) is 0.450. The summed E-state index contributed by atoms with van der Waals surface area (Å²) in [6.45, 7) is 6.01. The van der Waals surface area contributed by atoms with E-state index in [2.05, 4.69) is 20.0 Å². The summed E-state index contributed by atoms with van der Waals surface area (Å²) in [6.07, 6.45) is 0. The molecule has 0 spiro atoms. The Kier molecular flexibility index (Phi) is 5.86. The fourth-order valence-corrected chi connectivity index (χ4v) is 3.39. The number of hydrogen-bond donors (Lipinski definition) is 0. The number of amides is 1. The monoisotopic (exact) mass is 383 g/mol. The molecule has 2 aliphatic heterocycles. The van der Waals surface area contributed by atoms with E-state index in [0.717, 1.165) is 51.0 Å². The maximum Gasteiger partial charge on any atom is 0.260 e. The van der Waals surface area contributed by atoms with Crippen molar-refractivity contribution in [2.24, 2.45) is 0 Å². The molecular formula is C20H25N5O3. The highest BCUT2D eigenvalue weighted by molar-refractivity contribution is 5.78. The molecule has 2 saturated heterocycles. The van der Waals surface area contributed by atoms with Crippen molar-refractivity contribution < 1.29 is 14.3 Å². The molecular weight excluding hydrogens is 358 g/mol. The first-order chi connectivity index (χ1) is 13.8. The van der Waals surface area contributed by atoms with Crippen molar-refractivity contribution in [2.75, 3.05) is 68.9 Å². The van der Waals surface area contributed by atoms with Gasteiger partial charge in [0.1, 0.15) is 5.75 Å². The van der Waals surface area contributed by atoms with Gasteiger partial charge < -0.3 is 24.2 Å². The van der Waals surface area contributed by atoms with Crippen molar-refractivity contribution in [3.8, 4) is 5.75 Å². The number of nitrogens with zero attached hydrogens (tertiary/aromatic N) is 5. The van der Waals surface area contributed by atoms with Crippen LogP contribution in [0.15, 0.2) is 42.5 Å². The molecule has 8 heteroatoms. The molecule has 0 radical (unpaired) electrons. The number of anilines is 2. The highest BCUT2D eigenvalue weighted by Crippen LogP contribution is 2.17. The van der Waals surface area contributed by atoms with E-state index in [4.69, 9.17) is 9.47 Å². The zero-order valence-corrected chi connectivity index (χ0v) is 15.9. The number of carbonyl (C=O) groups excluding carboxylic acids is 1. The van der Waals surface area contributed by atoms with E-state index in [1.54, 1.807) is 0 Å². The lowest BCUT2D eigenvalue weighted by Gasteiger charge is -2.35. The maximum atomic E-state index is 12.4. The number of morpholine rings is 1. The number of rotatable bonds is 5. The molecule has 0 atom stereocenters. The molecule has 4 rings (SSSR count). The summed E-state index contributed by atoms with van der Waals surface area (Å²) in [5, 5.41) is 8.76. The molecule has 0 N–H and O–H groups in total. The zero-order chi connectivity index (χ0) is 19.2. The molecule has 0 bridgehead atoms. The topological polar surface area (TPSA) is 71.0 Å². The van der Waals surface area contributed by atoms with Crippen LogP contribution in [0.1, 0.15) is 0 Å². The Morgan fingerprint density at radius 1 is 0.857 bits per heavy atom. The molecule has 3 heterocycles. The Bertz CT molecular complexity index is 757. The highest BCUT2D eigenvalue weighted by Gasteiger charge is 2.23. The first-order valence-corrected chi connectivity index (χ1v) is 9.66. The second-order valence-electron chi connectivity index (χ2n) is 6.82. The van der Waals surface area contributed by atoms with Crippen LogP contribution in [0.3, 0.4) is 0 Å². The summed E-state index contributed by atoms with van der Waals surface area (Å²) >= 11 is 0. The van der Waals surface area contributed by atoms with Gasteiger partial charge in [-0.25, -0.2) is 0 Å². The highest BCUT2D eigenvalue weighted by atomic mass is 16.5.